The van der Waals surface area contributed by atoms with Crippen LogP contribution in [0.5, 0.6) is 5.75 Å². The van der Waals surface area contributed by atoms with E-state index in [0.717, 1.165) is 5.56 Å². The van der Waals surface area contributed by atoms with E-state index in [1.165, 1.54) is 0 Å². The first-order chi connectivity index (χ1) is 5.76. The van der Waals surface area contributed by atoms with Crippen LogP contribution in [0.15, 0.2) is 24.3 Å². The van der Waals surface area contributed by atoms with E-state index in [1.54, 1.807) is 18.2 Å². The molecule has 3 nitrogen and oxygen atoms in total. The molecule has 0 amide bonds. The standard InChI is InChI=1S/C7H9NO.C2H7N/c8-5-6-3-1-2-4-7(6)9;1-3-2/h1-4,9H,5,8H2;3H,1-2H3. The van der Waals surface area contributed by atoms with Gasteiger partial charge in [0.25, 0.3) is 0 Å². The number of benzene rings is 1. The number of hydrogen-bond donors (Lipinski definition) is 3. The first-order valence-corrected chi connectivity index (χ1v) is 3.81. The fourth-order valence-corrected chi connectivity index (χ4v) is 0.683. The van der Waals surface area contributed by atoms with Crippen LogP contribution in [0.1, 0.15) is 5.56 Å². The van der Waals surface area contributed by atoms with Crippen LogP contribution in [0.2, 0.25) is 0 Å². The minimum Gasteiger partial charge on any atom is -0.508 e. The molecule has 0 aliphatic rings. The summed E-state index contributed by atoms with van der Waals surface area (Å²) in [6, 6.07) is 7.05. The van der Waals surface area contributed by atoms with Gasteiger partial charge in [-0.1, -0.05) is 18.2 Å². The molecule has 0 bridgehead atoms. The summed E-state index contributed by atoms with van der Waals surface area (Å²) in [6.07, 6.45) is 0. The highest BCUT2D eigenvalue weighted by Crippen LogP contribution is 2.13. The minimum absolute atomic E-state index is 0.278. The summed E-state index contributed by atoms with van der Waals surface area (Å²) in [6.45, 7) is 0.396. The summed E-state index contributed by atoms with van der Waals surface area (Å²) in [5.74, 6) is 0.278. The number of phenolic OH excluding ortho intramolecular Hbond substituents is 1. The molecule has 0 spiro atoms. The summed E-state index contributed by atoms with van der Waals surface area (Å²) < 4.78 is 0. The highest BCUT2D eigenvalue weighted by Gasteiger charge is 1.92. The highest BCUT2D eigenvalue weighted by molar-refractivity contribution is 5.31. The van der Waals surface area contributed by atoms with Gasteiger partial charge in [-0.25, -0.2) is 0 Å². The monoisotopic (exact) mass is 168 g/mol. The molecule has 1 rings (SSSR count). The Balaban J connectivity index is 0.000000354. The Morgan fingerprint density at radius 2 is 1.83 bits per heavy atom. The Morgan fingerprint density at radius 1 is 1.33 bits per heavy atom. The number of hydrogen-bond acceptors (Lipinski definition) is 3. The lowest BCUT2D eigenvalue weighted by molar-refractivity contribution is 0.468. The molecule has 0 aliphatic carbocycles. The van der Waals surface area contributed by atoms with Crippen molar-refractivity contribution in [2.75, 3.05) is 14.1 Å². The molecular formula is C9H16N2O. The Labute approximate surface area is 73.2 Å². The maximum absolute atomic E-state index is 9.03. The molecule has 1 aromatic carbocycles. The van der Waals surface area contributed by atoms with Crippen molar-refractivity contribution in [2.24, 2.45) is 5.73 Å². The van der Waals surface area contributed by atoms with Gasteiger partial charge < -0.3 is 16.2 Å². The second kappa shape index (κ2) is 6.64. The third kappa shape index (κ3) is 3.95. The van der Waals surface area contributed by atoms with Crippen molar-refractivity contribution in [3.8, 4) is 5.75 Å². The van der Waals surface area contributed by atoms with E-state index < -0.39 is 0 Å². The molecule has 0 saturated carbocycles. The normalized spacial score (nSPS) is 8.58. The van der Waals surface area contributed by atoms with Gasteiger partial charge in [0.05, 0.1) is 0 Å². The van der Waals surface area contributed by atoms with Gasteiger partial charge in [-0.15, -0.1) is 0 Å². The summed E-state index contributed by atoms with van der Waals surface area (Å²) in [7, 11) is 3.75. The Morgan fingerprint density at radius 3 is 2.17 bits per heavy atom. The molecule has 1 aromatic rings. The van der Waals surface area contributed by atoms with E-state index in [4.69, 9.17) is 10.8 Å². The fraction of sp³-hybridized carbons (Fsp3) is 0.333. The van der Waals surface area contributed by atoms with Crippen molar-refractivity contribution >= 4 is 0 Å². The Kier molecular flexibility index (Phi) is 6.05. The third-order valence-electron chi connectivity index (χ3n) is 1.21. The molecule has 3 heteroatoms. The van der Waals surface area contributed by atoms with Crippen LogP contribution in [0.25, 0.3) is 0 Å². The van der Waals surface area contributed by atoms with E-state index in [9.17, 15) is 0 Å². The van der Waals surface area contributed by atoms with E-state index in [0.29, 0.717) is 6.54 Å². The van der Waals surface area contributed by atoms with Crippen molar-refractivity contribution in [1.82, 2.24) is 5.32 Å². The van der Waals surface area contributed by atoms with E-state index in [2.05, 4.69) is 5.32 Å². The zero-order valence-electron chi connectivity index (χ0n) is 7.54. The number of rotatable bonds is 1. The van der Waals surface area contributed by atoms with Crippen molar-refractivity contribution in [2.45, 2.75) is 6.54 Å². The van der Waals surface area contributed by atoms with Crippen LogP contribution in [0.3, 0.4) is 0 Å². The average Bonchev–Trinajstić information content (AvgIpc) is 2.07. The van der Waals surface area contributed by atoms with Crippen LogP contribution in [-0.4, -0.2) is 19.2 Å². The van der Waals surface area contributed by atoms with Crippen LogP contribution in [0, 0.1) is 0 Å². The lowest BCUT2D eigenvalue weighted by Crippen LogP contribution is -1.95. The maximum Gasteiger partial charge on any atom is 0.120 e. The maximum atomic E-state index is 9.03. The zero-order chi connectivity index (χ0) is 9.40. The lowest BCUT2D eigenvalue weighted by Gasteiger charge is -1.97. The van der Waals surface area contributed by atoms with E-state index in [1.807, 2.05) is 20.2 Å². The van der Waals surface area contributed by atoms with Crippen molar-refractivity contribution < 1.29 is 5.11 Å². The number of phenols is 1. The smallest absolute Gasteiger partial charge is 0.120 e. The van der Waals surface area contributed by atoms with Gasteiger partial charge in [-0.2, -0.15) is 0 Å². The van der Waals surface area contributed by atoms with Crippen LogP contribution in [-0.2, 0) is 6.54 Å². The number of nitrogens with two attached hydrogens (primary N) is 1. The second-order valence-electron chi connectivity index (χ2n) is 2.33. The van der Waals surface area contributed by atoms with Gasteiger partial charge in [-0.05, 0) is 20.2 Å². The summed E-state index contributed by atoms with van der Waals surface area (Å²) in [5, 5.41) is 11.8. The minimum atomic E-state index is 0.278. The quantitative estimate of drug-likeness (QED) is 0.578. The summed E-state index contributed by atoms with van der Waals surface area (Å²) in [4.78, 5) is 0. The molecule has 12 heavy (non-hydrogen) atoms. The molecule has 68 valence electrons. The molecule has 0 atom stereocenters. The first kappa shape index (κ1) is 10.9. The van der Waals surface area contributed by atoms with Gasteiger partial charge in [0.2, 0.25) is 0 Å². The van der Waals surface area contributed by atoms with Crippen LogP contribution in [0.4, 0.5) is 0 Å². The molecule has 0 fully saturated rings. The van der Waals surface area contributed by atoms with Gasteiger partial charge in [0.1, 0.15) is 5.75 Å². The summed E-state index contributed by atoms with van der Waals surface area (Å²) >= 11 is 0. The Bertz CT molecular complexity index is 213. The predicted molar refractivity (Wildman–Crippen MR) is 51.0 cm³/mol. The number of aromatic hydroxyl groups is 1. The predicted octanol–water partition coefficient (Wildman–Crippen LogP) is 0.686. The largest absolute Gasteiger partial charge is 0.508 e. The third-order valence-corrected chi connectivity index (χ3v) is 1.21. The van der Waals surface area contributed by atoms with E-state index >= 15 is 0 Å². The van der Waals surface area contributed by atoms with Crippen molar-refractivity contribution in [1.29, 1.82) is 0 Å². The molecule has 0 aliphatic heterocycles. The Hall–Kier alpha value is -1.06. The van der Waals surface area contributed by atoms with E-state index in [-0.39, 0.29) is 5.75 Å². The van der Waals surface area contributed by atoms with Gasteiger partial charge in [0.15, 0.2) is 0 Å². The zero-order valence-corrected chi connectivity index (χ0v) is 7.54. The van der Waals surface area contributed by atoms with Crippen molar-refractivity contribution in [3.05, 3.63) is 29.8 Å². The van der Waals surface area contributed by atoms with Crippen molar-refractivity contribution in [3.63, 3.8) is 0 Å². The highest BCUT2D eigenvalue weighted by atomic mass is 16.3. The SMILES string of the molecule is CNC.NCc1ccccc1O. The number of nitrogens with one attached hydrogen (secondary N) is 1. The topological polar surface area (TPSA) is 58.3 Å². The average molecular weight is 168 g/mol. The van der Waals surface area contributed by atoms with Crippen LogP contribution >= 0.6 is 0 Å². The number of para-hydroxylation sites is 1. The second-order valence-corrected chi connectivity index (χ2v) is 2.33. The first-order valence-electron chi connectivity index (χ1n) is 3.81. The van der Waals surface area contributed by atoms with Gasteiger partial charge in [-0.3, -0.25) is 0 Å². The molecule has 0 heterocycles. The van der Waals surface area contributed by atoms with Crippen LogP contribution < -0.4 is 11.1 Å². The lowest BCUT2D eigenvalue weighted by atomic mass is 10.2. The molecule has 0 unspecified atom stereocenters. The molecule has 0 aromatic heterocycles. The summed E-state index contributed by atoms with van der Waals surface area (Å²) in [5.41, 5.74) is 6.08. The molecule has 0 saturated heterocycles. The van der Waals surface area contributed by atoms with Gasteiger partial charge >= 0.3 is 0 Å². The molecule has 4 N–H and O–H groups in total. The molecule has 0 radical (unpaired) electrons. The fourth-order valence-electron chi connectivity index (χ4n) is 0.683. The van der Waals surface area contributed by atoms with Gasteiger partial charge in [0, 0.05) is 12.1 Å². The molecular weight excluding hydrogens is 152 g/mol.